The average molecular weight is 324 g/mol. The molecule has 0 aliphatic heterocycles. The van der Waals surface area contributed by atoms with Gasteiger partial charge < -0.3 is 5.73 Å². The number of nitrogens with zero attached hydrogens (tertiary/aromatic N) is 2. The van der Waals surface area contributed by atoms with Crippen LogP contribution in [0.4, 0.5) is 0 Å². The zero-order chi connectivity index (χ0) is 13.1. The molecule has 2 N–H and O–H groups in total. The number of halogens is 1. The number of benzene rings is 1. The molecular weight excluding hydrogens is 314 g/mol. The summed E-state index contributed by atoms with van der Waals surface area (Å²) in [5, 5.41) is 0. The van der Waals surface area contributed by atoms with E-state index in [1.165, 1.54) is 12.3 Å². The van der Waals surface area contributed by atoms with E-state index in [2.05, 4.69) is 25.9 Å². The Bertz CT molecular complexity index is 604. The van der Waals surface area contributed by atoms with Gasteiger partial charge in [0.15, 0.2) is 5.82 Å². The summed E-state index contributed by atoms with van der Waals surface area (Å²) in [5.41, 5.74) is 6.31. The molecule has 0 aliphatic rings. The molecule has 0 radical (unpaired) electrons. The molecule has 0 atom stereocenters. The van der Waals surface area contributed by atoms with Gasteiger partial charge in [0, 0.05) is 21.1 Å². The lowest BCUT2D eigenvalue weighted by Crippen LogP contribution is -2.13. The van der Waals surface area contributed by atoms with E-state index in [0.29, 0.717) is 5.82 Å². The van der Waals surface area contributed by atoms with Crippen LogP contribution in [0.1, 0.15) is 10.5 Å². The molecule has 1 aromatic carbocycles. The van der Waals surface area contributed by atoms with Gasteiger partial charge in [-0.3, -0.25) is 4.79 Å². The molecule has 6 heteroatoms. The fourth-order valence-electron chi connectivity index (χ4n) is 1.48. The highest BCUT2D eigenvalue weighted by atomic mass is 79.9. The predicted octanol–water partition coefficient (Wildman–Crippen LogP) is 2.73. The minimum atomic E-state index is -0.556. The molecule has 1 aromatic heterocycles. The van der Waals surface area contributed by atoms with Gasteiger partial charge in [-0.15, -0.1) is 11.8 Å². The summed E-state index contributed by atoms with van der Waals surface area (Å²) >= 11 is 5.01. The van der Waals surface area contributed by atoms with Crippen molar-refractivity contribution < 1.29 is 4.79 Å². The molecule has 0 unspecified atom stereocenters. The van der Waals surface area contributed by atoms with Gasteiger partial charge in [-0.05, 0) is 30.5 Å². The van der Waals surface area contributed by atoms with E-state index in [1.807, 2.05) is 24.5 Å². The van der Waals surface area contributed by atoms with Crippen LogP contribution < -0.4 is 5.73 Å². The van der Waals surface area contributed by atoms with Crippen molar-refractivity contribution in [2.75, 3.05) is 6.26 Å². The van der Waals surface area contributed by atoms with Crippen LogP contribution in [0.15, 0.2) is 39.8 Å². The SMILES string of the molecule is CSc1ccc(Br)cc1-c1nccc(C(N)=O)n1. The van der Waals surface area contributed by atoms with Gasteiger partial charge in [-0.2, -0.15) is 0 Å². The Balaban J connectivity index is 2.57. The van der Waals surface area contributed by atoms with Gasteiger partial charge in [-0.1, -0.05) is 15.9 Å². The van der Waals surface area contributed by atoms with Crippen LogP contribution in [0.25, 0.3) is 11.4 Å². The number of hydrogen-bond acceptors (Lipinski definition) is 4. The highest BCUT2D eigenvalue weighted by Crippen LogP contribution is 2.30. The number of aromatic nitrogens is 2. The fraction of sp³-hybridized carbons (Fsp3) is 0.0833. The highest BCUT2D eigenvalue weighted by Gasteiger charge is 2.10. The molecule has 92 valence electrons. The van der Waals surface area contributed by atoms with Gasteiger partial charge in [0.05, 0.1) is 0 Å². The predicted molar refractivity (Wildman–Crippen MR) is 75.5 cm³/mol. The van der Waals surface area contributed by atoms with Crippen molar-refractivity contribution in [2.45, 2.75) is 4.90 Å². The Hall–Kier alpha value is -1.40. The van der Waals surface area contributed by atoms with E-state index in [4.69, 9.17) is 5.73 Å². The van der Waals surface area contributed by atoms with Crippen LogP contribution in [0.5, 0.6) is 0 Å². The maximum atomic E-state index is 11.1. The van der Waals surface area contributed by atoms with Gasteiger partial charge in [0.25, 0.3) is 5.91 Å². The zero-order valence-corrected chi connectivity index (χ0v) is 12.0. The molecule has 18 heavy (non-hydrogen) atoms. The molecule has 1 heterocycles. The van der Waals surface area contributed by atoms with E-state index in [-0.39, 0.29) is 5.69 Å². The van der Waals surface area contributed by atoms with Crippen LogP contribution in [-0.2, 0) is 0 Å². The Labute approximate surface area is 117 Å². The third-order valence-electron chi connectivity index (χ3n) is 2.31. The number of carbonyl (C=O) groups is 1. The van der Waals surface area contributed by atoms with Crippen molar-refractivity contribution in [1.29, 1.82) is 0 Å². The van der Waals surface area contributed by atoms with Crippen LogP contribution in [0.2, 0.25) is 0 Å². The first-order valence-electron chi connectivity index (χ1n) is 5.08. The molecule has 2 rings (SSSR count). The Morgan fingerprint density at radius 3 is 2.83 bits per heavy atom. The Morgan fingerprint density at radius 2 is 2.17 bits per heavy atom. The first-order chi connectivity index (χ1) is 8.61. The summed E-state index contributed by atoms with van der Waals surface area (Å²) in [4.78, 5) is 20.5. The molecule has 0 fully saturated rings. The van der Waals surface area contributed by atoms with Crippen LogP contribution in [-0.4, -0.2) is 22.1 Å². The fourth-order valence-corrected chi connectivity index (χ4v) is 2.42. The van der Waals surface area contributed by atoms with Gasteiger partial charge in [-0.25, -0.2) is 9.97 Å². The zero-order valence-electron chi connectivity index (χ0n) is 9.55. The number of rotatable bonds is 3. The molecule has 2 aromatic rings. The maximum absolute atomic E-state index is 11.1. The van der Waals surface area contributed by atoms with Crippen molar-refractivity contribution in [3.8, 4) is 11.4 Å². The smallest absolute Gasteiger partial charge is 0.267 e. The first kappa shape index (κ1) is 13.0. The molecule has 0 spiro atoms. The summed E-state index contributed by atoms with van der Waals surface area (Å²) in [7, 11) is 0. The molecule has 0 bridgehead atoms. The van der Waals surface area contributed by atoms with Crippen molar-refractivity contribution >= 4 is 33.6 Å². The van der Waals surface area contributed by atoms with E-state index in [0.717, 1.165) is 14.9 Å². The third kappa shape index (κ3) is 2.70. The van der Waals surface area contributed by atoms with E-state index in [1.54, 1.807) is 11.8 Å². The number of amides is 1. The van der Waals surface area contributed by atoms with Crippen molar-refractivity contribution in [3.63, 3.8) is 0 Å². The minimum Gasteiger partial charge on any atom is -0.364 e. The Kier molecular flexibility index (Phi) is 3.98. The molecular formula is C12H10BrN3OS. The van der Waals surface area contributed by atoms with E-state index < -0.39 is 5.91 Å². The first-order valence-corrected chi connectivity index (χ1v) is 7.10. The largest absolute Gasteiger partial charge is 0.364 e. The molecule has 1 amide bonds. The Morgan fingerprint density at radius 1 is 1.39 bits per heavy atom. The minimum absolute atomic E-state index is 0.215. The number of nitrogens with two attached hydrogens (primary N) is 1. The van der Waals surface area contributed by atoms with Gasteiger partial charge in [0.1, 0.15) is 5.69 Å². The highest BCUT2D eigenvalue weighted by molar-refractivity contribution is 9.10. The molecule has 0 saturated carbocycles. The average Bonchev–Trinajstić information content (AvgIpc) is 2.39. The van der Waals surface area contributed by atoms with E-state index in [9.17, 15) is 4.79 Å². The maximum Gasteiger partial charge on any atom is 0.267 e. The monoisotopic (exact) mass is 323 g/mol. The van der Waals surface area contributed by atoms with Crippen LogP contribution in [0, 0.1) is 0 Å². The van der Waals surface area contributed by atoms with Crippen LogP contribution in [0.3, 0.4) is 0 Å². The summed E-state index contributed by atoms with van der Waals surface area (Å²) in [6, 6.07) is 7.35. The number of primary amides is 1. The van der Waals surface area contributed by atoms with E-state index >= 15 is 0 Å². The lowest BCUT2D eigenvalue weighted by Gasteiger charge is -2.07. The summed E-state index contributed by atoms with van der Waals surface area (Å²) in [6.45, 7) is 0. The topological polar surface area (TPSA) is 68.9 Å². The van der Waals surface area contributed by atoms with Crippen molar-refractivity contribution in [2.24, 2.45) is 5.73 Å². The standard InChI is InChI=1S/C12H10BrN3OS/c1-18-10-3-2-7(13)6-8(10)12-15-5-4-9(16-12)11(14)17/h2-6H,1H3,(H2,14,17). The number of carbonyl (C=O) groups excluding carboxylic acids is 1. The molecule has 4 nitrogen and oxygen atoms in total. The second kappa shape index (κ2) is 5.49. The quantitative estimate of drug-likeness (QED) is 0.882. The molecule has 0 saturated heterocycles. The van der Waals surface area contributed by atoms with Crippen molar-refractivity contribution in [3.05, 3.63) is 40.6 Å². The second-order valence-electron chi connectivity index (χ2n) is 3.47. The normalized spacial score (nSPS) is 10.3. The number of hydrogen-bond donors (Lipinski definition) is 1. The van der Waals surface area contributed by atoms with Gasteiger partial charge >= 0.3 is 0 Å². The second-order valence-corrected chi connectivity index (χ2v) is 5.24. The molecule has 0 aliphatic carbocycles. The lowest BCUT2D eigenvalue weighted by molar-refractivity contribution is 0.0995. The van der Waals surface area contributed by atoms with Crippen molar-refractivity contribution in [1.82, 2.24) is 9.97 Å². The summed E-state index contributed by atoms with van der Waals surface area (Å²) < 4.78 is 0.934. The summed E-state index contributed by atoms with van der Waals surface area (Å²) in [6.07, 6.45) is 3.51. The van der Waals surface area contributed by atoms with Crippen LogP contribution >= 0.6 is 27.7 Å². The third-order valence-corrected chi connectivity index (χ3v) is 3.60. The summed E-state index contributed by atoms with van der Waals surface area (Å²) in [5.74, 6) is -0.0590. The lowest BCUT2D eigenvalue weighted by atomic mass is 10.2. The van der Waals surface area contributed by atoms with Gasteiger partial charge in [0.2, 0.25) is 0 Å². The number of thioether (sulfide) groups is 1.